The molecule has 2 heterocycles. The summed E-state index contributed by atoms with van der Waals surface area (Å²) in [6.07, 6.45) is 0. The van der Waals surface area contributed by atoms with E-state index < -0.39 is 11.2 Å². The van der Waals surface area contributed by atoms with Gasteiger partial charge in [0.2, 0.25) is 11.7 Å². The van der Waals surface area contributed by atoms with Crippen molar-refractivity contribution in [3.05, 3.63) is 92.7 Å². The molecule has 0 bridgehead atoms. The summed E-state index contributed by atoms with van der Waals surface area (Å²) in [6, 6.07) is 15.0. The Morgan fingerprint density at radius 3 is 2.53 bits per heavy atom. The fourth-order valence-electron chi connectivity index (χ4n) is 3.35. The van der Waals surface area contributed by atoms with Crippen molar-refractivity contribution >= 4 is 11.5 Å². The minimum Gasteiger partial charge on any atom is -0.383 e. The number of hydrogen-bond donors (Lipinski definition) is 2. The third-order valence-corrected chi connectivity index (χ3v) is 4.99. The van der Waals surface area contributed by atoms with Gasteiger partial charge in [0.05, 0.1) is 13.1 Å². The summed E-state index contributed by atoms with van der Waals surface area (Å²) in [5.41, 5.74) is 6.68. The second kappa shape index (κ2) is 8.88. The van der Waals surface area contributed by atoms with Crippen LogP contribution in [0.25, 0.3) is 11.4 Å². The summed E-state index contributed by atoms with van der Waals surface area (Å²) in [6.45, 7) is 2.54. The van der Waals surface area contributed by atoms with Crippen LogP contribution in [0.1, 0.15) is 18.4 Å². The molecule has 0 saturated heterocycles. The van der Waals surface area contributed by atoms with Crippen LogP contribution in [-0.2, 0) is 13.1 Å². The lowest BCUT2D eigenvalue weighted by molar-refractivity contribution is 0.377. The van der Waals surface area contributed by atoms with E-state index in [0.29, 0.717) is 17.9 Å². The molecule has 2 aromatic carbocycles. The highest BCUT2D eigenvalue weighted by molar-refractivity contribution is 5.62. The Kier molecular flexibility index (Phi) is 5.84. The fraction of sp³-hybridized carbons (Fsp3) is 0.182. The van der Waals surface area contributed by atoms with Gasteiger partial charge in [-0.15, -0.1) is 0 Å². The summed E-state index contributed by atoms with van der Waals surface area (Å²) in [5, 5.41) is 3.92. The van der Waals surface area contributed by atoms with Crippen molar-refractivity contribution in [1.82, 2.24) is 19.7 Å². The number of benzene rings is 2. The predicted molar refractivity (Wildman–Crippen MR) is 118 cm³/mol. The largest absolute Gasteiger partial charge is 0.383 e. The molecule has 2 aromatic heterocycles. The van der Waals surface area contributed by atoms with Gasteiger partial charge in [-0.1, -0.05) is 35.5 Å². The van der Waals surface area contributed by atoms with Crippen molar-refractivity contribution in [2.45, 2.75) is 20.0 Å². The number of anilines is 2. The Balaban J connectivity index is 1.64. The number of aromatic amines is 1. The average Bonchev–Trinajstić information content (AvgIpc) is 3.25. The summed E-state index contributed by atoms with van der Waals surface area (Å²) in [4.78, 5) is 33.3. The zero-order chi connectivity index (χ0) is 22.7. The molecule has 4 rings (SSSR count). The van der Waals surface area contributed by atoms with Crippen LogP contribution in [0.15, 0.2) is 68.7 Å². The van der Waals surface area contributed by atoms with Gasteiger partial charge in [-0.05, 0) is 36.8 Å². The molecule has 9 nitrogen and oxygen atoms in total. The molecule has 0 radical (unpaired) electrons. The van der Waals surface area contributed by atoms with Crippen LogP contribution in [0.4, 0.5) is 15.9 Å². The number of rotatable bonds is 7. The lowest BCUT2D eigenvalue weighted by Gasteiger charge is -2.23. The van der Waals surface area contributed by atoms with E-state index in [-0.39, 0.29) is 36.3 Å². The molecule has 3 N–H and O–H groups in total. The van der Waals surface area contributed by atoms with E-state index in [9.17, 15) is 14.0 Å². The molecule has 0 aliphatic heterocycles. The third-order valence-electron chi connectivity index (χ3n) is 4.99. The molecular formula is C22H21FN6O3. The number of nitrogen functional groups attached to an aromatic ring is 1. The maximum absolute atomic E-state index is 13.1. The molecule has 32 heavy (non-hydrogen) atoms. The van der Waals surface area contributed by atoms with Crippen molar-refractivity contribution in [3.63, 3.8) is 0 Å². The van der Waals surface area contributed by atoms with Gasteiger partial charge in [-0.25, -0.2) is 9.18 Å². The first-order chi connectivity index (χ1) is 15.5. The standard InChI is InChI=1S/C22H21FN6O3/c1-2-28(13-17-25-20(27-32-17)15-8-10-16(23)11-9-15)18-19(24)29(22(31)26-21(18)30)12-14-6-4-3-5-7-14/h3-11H,2,12-13,24H2,1H3,(H,26,30,31). The first-order valence-electron chi connectivity index (χ1n) is 9.96. The van der Waals surface area contributed by atoms with Crippen molar-refractivity contribution in [2.75, 3.05) is 17.2 Å². The van der Waals surface area contributed by atoms with Gasteiger partial charge >= 0.3 is 5.69 Å². The molecule has 164 valence electrons. The van der Waals surface area contributed by atoms with Gasteiger partial charge < -0.3 is 15.2 Å². The van der Waals surface area contributed by atoms with Crippen LogP contribution >= 0.6 is 0 Å². The first kappa shape index (κ1) is 21.0. The van der Waals surface area contributed by atoms with Gasteiger partial charge in [0.1, 0.15) is 17.3 Å². The highest BCUT2D eigenvalue weighted by Crippen LogP contribution is 2.21. The zero-order valence-corrected chi connectivity index (χ0v) is 17.3. The Hall–Kier alpha value is -4.21. The maximum atomic E-state index is 13.1. The van der Waals surface area contributed by atoms with E-state index in [4.69, 9.17) is 10.3 Å². The summed E-state index contributed by atoms with van der Waals surface area (Å²) < 4.78 is 19.8. The third kappa shape index (κ3) is 4.29. The van der Waals surface area contributed by atoms with E-state index in [1.165, 1.54) is 16.7 Å². The molecule has 0 unspecified atom stereocenters. The van der Waals surface area contributed by atoms with Crippen molar-refractivity contribution < 1.29 is 8.91 Å². The molecule has 10 heteroatoms. The first-order valence-corrected chi connectivity index (χ1v) is 9.96. The zero-order valence-electron chi connectivity index (χ0n) is 17.3. The van der Waals surface area contributed by atoms with Crippen LogP contribution in [0.2, 0.25) is 0 Å². The van der Waals surface area contributed by atoms with Crippen LogP contribution < -0.4 is 21.9 Å². The van der Waals surface area contributed by atoms with Crippen molar-refractivity contribution in [1.29, 1.82) is 0 Å². The van der Waals surface area contributed by atoms with Gasteiger partial charge in [0.15, 0.2) is 0 Å². The van der Waals surface area contributed by atoms with Crippen molar-refractivity contribution in [2.24, 2.45) is 0 Å². The van der Waals surface area contributed by atoms with Gasteiger partial charge in [-0.3, -0.25) is 14.3 Å². The van der Waals surface area contributed by atoms with Crippen LogP contribution in [0.5, 0.6) is 0 Å². The number of halogens is 1. The Morgan fingerprint density at radius 2 is 1.84 bits per heavy atom. The molecule has 0 aliphatic rings. The van der Waals surface area contributed by atoms with Crippen molar-refractivity contribution in [3.8, 4) is 11.4 Å². The SMILES string of the molecule is CCN(Cc1nc(-c2ccc(F)cc2)no1)c1c(N)n(Cc2ccccc2)c(=O)[nH]c1=O. The topological polar surface area (TPSA) is 123 Å². The highest BCUT2D eigenvalue weighted by atomic mass is 19.1. The smallest absolute Gasteiger partial charge is 0.330 e. The quantitative estimate of drug-likeness (QED) is 0.456. The number of nitrogens with one attached hydrogen (secondary N) is 1. The Bertz CT molecular complexity index is 1330. The molecule has 0 aliphatic carbocycles. The normalized spacial score (nSPS) is 10.9. The highest BCUT2D eigenvalue weighted by Gasteiger charge is 2.20. The molecule has 0 fully saturated rings. The lowest BCUT2D eigenvalue weighted by Crippen LogP contribution is -2.38. The van der Waals surface area contributed by atoms with Crippen LogP contribution in [0.3, 0.4) is 0 Å². The number of H-pyrrole nitrogens is 1. The van der Waals surface area contributed by atoms with Crippen LogP contribution in [0, 0.1) is 5.82 Å². The van der Waals surface area contributed by atoms with Gasteiger partial charge in [-0.2, -0.15) is 4.98 Å². The van der Waals surface area contributed by atoms with E-state index in [2.05, 4.69) is 15.1 Å². The molecule has 4 aromatic rings. The Morgan fingerprint density at radius 1 is 1.12 bits per heavy atom. The molecular weight excluding hydrogens is 415 g/mol. The molecule has 0 spiro atoms. The van der Waals surface area contributed by atoms with E-state index in [1.54, 1.807) is 17.0 Å². The Labute approximate surface area is 181 Å². The lowest BCUT2D eigenvalue weighted by atomic mass is 10.2. The van der Waals surface area contributed by atoms with Crippen LogP contribution in [-0.4, -0.2) is 26.2 Å². The summed E-state index contributed by atoms with van der Waals surface area (Å²) >= 11 is 0. The number of nitrogens with two attached hydrogens (primary N) is 1. The average molecular weight is 436 g/mol. The molecule has 0 saturated carbocycles. The maximum Gasteiger partial charge on any atom is 0.330 e. The summed E-state index contributed by atoms with van der Waals surface area (Å²) in [5.74, 6) is 0.218. The monoisotopic (exact) mass is 436 g/mol. The van der Waals surface area contributed by atoms with Gasteiger partial charge in [0, 0.05) is 12.1 Å². The number of hydrogen-bond acceptors (Lipinski definition) is 7. The van der Waals surface area contributed by atoms with Gasteiger partial charge in [0.25, 0.3) is 5.56 Å². The second-order valence-corrected chi connectivity index (χ2v) is 7.10. The van der Waals surface area contributed by atoms with E-state index in [0.717, 1.165) is 5.56 Å². The minimum atomic E-state index is -0.600. The molecule has 0 atom stereocenters. The van der Waals surface area contributed by atoms with E-state index in [1.807, 2.05) is 37.3 Å². The van der Waals surface area contributed by atoms with E-state index >= 15 is 0 Å². The number of aromatic nitrogens is 4. The minimum absolute atomic E-state index is 0.0442. The molecule has 0 amide bonds. The second-order valence-electron chi connectivity index (χ2n) is 7.10. The predicted octanol–water partition coefficient (Wildman–Crippen LogP) is 2.38. The number of nitrogens with zero attached hydrogens (tertiary/aromatic N) is 4. The fourth-order valence-corrected chi connectivity index (χ4v) is 3.35. The summed E-state index contributed by atoms with van der Waals surface area (Å²) in [7, 11) is 0.